The summed E-state index contributed by atoms with van der Waals surface area (Å²) in [5, 5.41) is 6.37. The highest BCUT2D eigenvalue weighted by molar-refractivity contribution is 5.79. The van der Waals surface area contributed by atoms with E-state index in [1.165, 1.54) is 12.8 Å². The molecule has 0 aromatic heterocycles. The lowest BCUT2D eigenvalue weighted by atomic mass is 10.1. The van der Waals surface area contributed by atoms with Crippen molar-refractivity contribution in [2.24, 2.45) is 5.92 Å². The molecule has 1 aliphatic carbocycles. The van der Waals surface area contributed by atoms with Crippen molar-refractivity contribution >= 4 is 5.91 Å². The molecule has 1 saturated carbocycles. The Kier molecular flexibility index (Phi) is 2.83. The third-order valence-electron chi connectivity index (χ3n) is 3.13. The predicted molar refractivity (Wildman–Crippen MR) is 51.4 cm³/mol. The van der Waals surface area contributed by atoms with Crippen LogP contribution < -0.4 is 10.6 Å². The van der Waals surface area contributed by atoms with E-state index in [4.69, 9.17) is 0 Å². The van der Waals surface area contributed by atoms with Gasteiger partial charge in [-0.2, -0.15) is 0 Å². The summed E-state index contributed by atoms with van der Waals surface area (Å²) in [4.78, 5) is 11.7. The quantitative estimate of drug-likeness (QED) is 0.658. The Bertz CT molecular complexity index is 181. The topological polar surface area (TPSA) is 41.1 Å². The third kappa shape index (κ3) is 2.21. The summed E-state index contributed by atoms with van der Waals surface area (Å²) >= 11 is 0. The van der Waals surface area contributed by atoms with Crippen LogP contribution >= 0.6 is 0 Å². The summed E-state index contributed by atoms with van der Waals surface area (Å²) < 4.78 is 0. The molecule has 0 aromatic rings. The van der Waals surface area contributed by atoms with Crippen LogP contribution in [0.25, 0.3) is 0 Å². The maximum atomic E-state index is 11.7. The van der Waals surface area contributed by atoms with Gasteiger partial charge in [0.2, 0.25) is 5.91 Å². The lowest BCUT2D eigenvalue weighted by Crippen LogP contribution is -2.39. The molecule has 74 valence electrons. The fraction of sp³-hybridized carbons (Fsp3) is 0.900. The highest BCUT2D eigenvalue weighted by Gasteiger charge is 2.25. The maximum absolute atomic E-state index is 11.7. The number of nitrogens with one attached hydrogen (secondary N) is 2. The average molecular weight is 182 g/mol. The van der Waals surface area contributed by atoms with E-state index >= 15 is 0 Å². The Morgan fingerprint density at radius 3 is 2.62 bits per heavy atom. The number of amides is 1. The van der Waals surface area contributed by atoms with Crippen molar-refractivity contribution in [3.63, 3.8) is 0 Å². The summed E-state index contributed by atoms with van der Waals surface area (Å²) in [6.45, 7) is 2.01. The van der Waals surface area contributed by atoms with Gasteiger partial charge in [-0.25, -0.2) is 0 Å². The van der Waals surface area contributed by atoms with E-state index < -0.39 is 0 Å². The fourth-order valence-corrected chi connectivity index (χ4v) is 2.28. The molecule has 1 heterocycles. The molecular formula is C10H18N2O. The number of hydrogen-bond donors (Lipinski definition) is 2. The maximum Gasteiger partial charge on any atom is 0.223 e. The van der Waals surface area contributed by atoms with Gasteiger partial charge in [0.05, 0.1) is 0 Å². The van der Waals surface area contributed by atoms with Crippen LogP contribution in [0, 0.1) is 5.92 Å². The van der Waals surface area contributed by atoms with Crippen LogP contribution in [0.3, 0.4) is 0 Å². The molecule has 0 aromatic carbocycles. The van der Waals surface area contributed by atoms with Gasteiger partial charge in [-0.15, -0.1) is 0 Å². The van der Waals surface area contributed by atoms with E-state index in [-0.39, 0.29) is 0 Å². The van der Waals surface area contributed by atoms with Crippen molar-refractivity contribution < 1.29 is 4.79 Å². The first-order valence-electron chi connectivity index (χ1n) is 5.37. The van der Waals surface area contributed by atoms with E-state index in [0.717, 1.165) is 32.4 Å². The molecule has 0 spiro atoms. The Balaban J connectivity index is 1.76. The van der Waals surface area contributed by atoms with Crippen molar-refractivity contribution in [2.75, 3.05) is 13.1 Å². The van der Waals surface area contributed by atoms with Gasteiger partial charge in [-0.3, -0.25) is 4.79 Å². The molecular weight excluding hydrogens is 164 g/mol. The summed E-state index contributed by atoms with van der Waals surface area (Å²) in [7, 11) is 0. The first-order valence-corrected chi connectivity index (χ1v) is 5.37. The smallest absolute Gasteiger partial charge is 0.223 e. The Labute approximate surface area is 79.3 Å². The molecule has 2 rings (SSSR count). The second kappa shape index (κ2) is 4.09. The summed E-state index contributed by atoms with van der Waals surface area (Å²) in [5.74, 6) is 0.617. The predicted octanol–water partition coefficient (Wildman–Crippen LogP) is 0.655. The molecule has 2 N–H and O–H groups in total. The zero-order chi connectivity index (χ0) is 9.10. The van der Waals surface area contributed by atoms with Gasteiger partial charge >= 0.3 is 0 Å². The molecule has 0 unspecified atom stereocenters. The van der Waals surface area contributed by atoms with Gasteiger partial charge in [0.25, 0.3) is 0 Å². The van der Waals surface area contributed by atoms with Crippen molar-refractivity contribution in [1.29, 1.82) is 0 Å². The van der Waals surface area contributed by atoms with Crippen LogP contribution in [0.4, 0.5) is 0 Å². The van der Waals surface area contributed by atoms with Crippen molar-refractivity contribution in [2.45, 2.75) is 38.1 Å². The molecule has 2 aliphatic rings. The monoisotopic (exact) mass is 182 g/mol. The SMILES string of the molecule is O=C(N[C@@H]1CCNC1)C1CCCC1. The van der Waals surface area contributed by atoms with E-state index in [2.05, 4.69) is 10.6 Å². The molecule has 1 aliphatic heterocycles. The first-order chi connectivity index (χ1) is 6.36. The Morgan fingerprint density at radius 2 is 2.00 bits per heavy atom. The molecule has 1 atom stereocenters. The number of hydrogen-bond acceptors (Lipinski definition) is 2. The van der Waals surface area contributed by atoms with E-state index in [9.17, 15) is 4.79 Å². The van der Waals surface area contributed by atoms with Gasteiger partial charge in [0.1, 0.15) is 0 Å². The van der Waals surface area contributed by atoms with Gasteiger partial charge in [0.15, 0.2) is 0 Å². The zero-order valence-electron chi connectivity index (χ0n) is 8.01. The van der Waals surface area contributed by atoms with Gasteiger partial charge in [-0.1, -0.05) is 12.8 Å². The van der Waals surface area contributed by atoms with Crippen LogP contribution in [0.5, 0.6) is 0 Å². The molecule has 0 radical (unpaired) electrons. The summed E-state index contributed by atoms with van der Waals surface area (Å²) in [6.07, 6.45) is 5.78. The highest BCUT2D eigenvalue weighted by atomic mass is 16.1. The van der Waals surface area contributed by atoms with Gasteiger partial charge < -0.3 is 10.6 Å². The summed E-state index contributed by atoms with van der Waals surface area (Å²) in [5.41, 5.74) is 0. The second-order valence-electron chi connectivity index (χ2n) is 4.18. The Morgan fingerprint density at radius 1 is 1.23 bits per heavy atom. The minimum Gasteiger partial charge on any atom is -0.352 e. The normalized spacial score (nSPS) is 29.4. The molecule has 0 bridgehead atoms. The third-order valence-corrected chi connectivity index (χ3v) is 3.13. The van der Waals surface area contributed by atoms with Crippen LogP contribution in [0.2, 0.25) is 0 Å². The van der Waals surface area contributed by atoms with Gasteiger partial charge in [0, 0.05) is 18.5 Å². The fourth-order valence-electron chi connectivity index (χ4n) is 2.28. The average Bonchev–Trinajstić information content (AvgIpc) is 2.74. The molecule has 1 saturated heterocycles. The minimum atomic E-state index is 0.297. The van der Waals surface area contributed by atoms with Crippen LogP contribution in [0.1, 0.15) is 32.1 Å². The standard InChI is InChI=1S/C10H18N2O/c13-10(8-3-1-2-4-8)12-9-5-6-11-7-9/h8-9,11H,1-7H2,(H,12,13)/t9-/m1/s1. The van der Waals surface area contributed by atoms with Crippen molar-refractivity contribution in [3.05, 3.63) is 0 Å². The molecule has 3 nitrogen and oxygen atoms in total. The zero-order valence-corrected chi connectivity index (χ0v) is 8.01. The van der Waals surface area contributed by atoms with Crippen molar-refractivity contribution in [3.8, 4) is 0 Å². The lowest BCUT2D eigenvalue weighted by molar-refractivity contribution is -0.125. The number of carbonyl (C=O) groups is 1. The molecule has 3 heteroatoms. The highest BCUT2D eigenvalue weighted by Crippen LogP contribution is 2.24. The number of carbonyl (C=O) groups excluding carboxylic acids is 1. The minimum absolute atomic E-state index is 0.297. The largest absolute Gasteiger partial charge is 0.352 e. The van der Waals surface area contributed by atoms with E-state index in [1.807, 2.05) is 0 Å². The number of rotatable bonds is 2. The second-order valence-corrected chi connectivity index (χ2v) is 4.18. The summed E-state index contributed by atoms with van der Waals surface area (Å²) in [6, 6.07) is 0.396. The van der Waals surface area contributed by atoms with Gasteiger partial charge in [-0.05, 0) is 25.8 Å². The Hall–Kier alpha value is -0.570. The van der Waals surface area contributed by atoms with Crippen molar-refractivity contribution in [1.82, 2.24) is 10.6 Å². The molecule has 13 heavy (non-hydrogen) atoms. The molecule has 2 fully saturated rings. The lowest BCUT2D eigenvalue weighted by Gasteiger charge is -2.14. The van der Waals surface area contributed by atoms with Crippen LogP contribution in [-0.2, 0) is 4.79 Å². The van der Waals surface area contributed by atoms with Crippen LogP contribution in [0.15, 0.2) is 0 Å². The van der Waals surface area contributed by atoms with E-state index in [0.29, 0.717) is 17.9 Å². The molecule has 1 amide bonds. The first kappa shape index (κ1) is 9.00. The van der Waals surface area contributed by atoms with E-state index in [1.54, 1.807) is 0 Å². The van der Waals surface area contributed by atoms with Crippen LogP contribution in [-0.4, -0.2) is 25.0 Å².